The zero-order chi connectivity index (χ0) is 11.5. The van der Waals surface area contributed by atoms with Gasteiger partial charge in [-0.05, 0) is 26.0 Å². The van der Waals surface area contributed by atoms with E-state index in [1.165, 1.54) is 0 Å². The van der Waals surface area contributed by atoms with Crippen molar-refractivity contribution >= 4 is 11.6 Å². The zero-order valence-corrected chi connectivity index (χ0v) is 9.15. The highest BCUT2D eigenvalue weighted by atomic mass is 16.3. The third-order valence-electron chi connectivity index (χ3n) is 2.31. The maximum atomic E-state index is 11.9. The molecule has 0 radical (unpaired) electrons. The van der Waals surface area contributed by atoms with Gasteiger partial charge in [-0.25, -0.2) is 0 Å². The first-order valence-corrected chi connectivity index (χ1v) is 4.94. The molecule has 2 heterocycles. The molecule has 2 aromatic rings. The quantitative estimate of drug-likeness (QED) is 0.839. The highest BCUT2D eigenvalue weighted by Crippen LogP contribution is 2.17. The monoisotopic (exact) mass is 216 g/mol. The molecule has 0 atom stereocenters. The summed E-state index contributed by atoms with van der Waals surface area (Å²) in [7, 11) is 0. The lowest BCUT2D eigenvalue weighted by Crippen LogP contribution is -2.13. The number of anilines is 1. The van der Waals surface area contributed by atoms with Gasteiger partial charge in [0.25, 0.3) is 5.91 Å². The third-order valence-corrected chi connectivity index (χ3v) is 2.31. The second-order valence-electron chi connectivity index (χ2n) is 3.55. The molecule has 16 heavy (non-hydrogen) atoms. The Morgan fingerprint density at radius 1 is 1.44 bits per heavy atom. The van der Waals surface area contributed by atoms with Crippen molar-refractivity contribution in [1.29, 1.82) is 0 Å². The number of carbonyl (C=O) groups is 1. The predicted molar refractivity (Wildman–Crippen MR) is 60.4 cm³/mol. The van der Waals surface area contributed by atoms with Gasteiger partial charge in [-0.1, -0.05) is 0 Å². The van der Waals surface area contributed by atoms with Gasteiger partial charge in [-0.15, -0.1) is 0 Å². The van der Waals surface area contributed by atoms with Crippen LogP contribution < -0.4 is 5.32 Å². The van der Waals surface area contributed by atoms with Crippen LogP contribution in [0.15, 0.2) is 35.2 Å². The molecule has 2 rings (SSSR count). The normalized spacial score (nSPS) is 10.1. The van der Waals surface area contributed by atoms with E-state index in [0.717, 1.165) is 5.56 Å². The third kappa shape index (κ3) is 1.95. The van der Waals surface area contributed by atoms with E-state index in [1.807, 2.05) is 6.92 Å². The fourth-order valence-corrected chi connectivity index (χ4v) is 1.54. The van der Waals surface area contributed by atoms with Gasteiger partial charge in [0.2, 0.25) is 0 Å². The first kappa shape index (κ1) is 10.4. The number of hydrogen-bond donors (Lipinski definition) is 1. The van der Waals surface area contributed by atoms with Crippen LogP contribution in [0, 0.1) is 13.8 Å². The van der Waals surface area contributed by atoms with Gasteiger partial charge in [0.05, 0.1) is 23.7 Å². The second-order valence-corrected chi connectivity index (χ2v) is 3.55. The number of furan rings is 1. The van der Waals surface area contributed by atoms with Crippen LogP contribution >= 0.6 is 0 Å². The van der Waals surface area contributed by atoms with Gasteiger partial charge in [-0.3, -0.25) is 9.78 Å². The number of nitrogens with one attached hydrogen (secondary N) is 1. The number of carbonyl (C=O) groups excluding carboxylic acids is 1. The number of hydrogen-bond acceptors (Lipinski definition) is 3. The van der Waals surface area contributed by atoms with Gasteiger partial charge < -0.3 is 9.73 Å². The molecule has 0 fully saturated rings. The molecule has 1 N–H and O–H groups in total. The molecule has 0 bridgehead atoms. The van der Waals surface area contributed by atoms with Crippen LogP contribution in [0.2, 0.25) is 0 Å². The molecule has 0 spiro atoms. The number of amides is 1. The number of pyridine rings is 1. The lowest BCUT2D eigenvalue weighted by Gasteiger charge is -2.04. The molecular weight excluding hydrogens is 204 g/mol. The Labute approximate surface area is 93.3 Å². The molecule has 0 unspecified atom stereocenters. The molecule has 82 valence electrons. The summed E-state index contributed by atoms with van der Waals surface area (Å²) in [4.78, 5) is 15.8. The Balaban J connectivity index is 2.22. The van der Waals surface area contributed by atoms with Crippen molar-refractivity contribution < 1.29 is 9.21 Å². The van der Waals surface area contributed by atoms with E-state index in [1.54, 1.807) is 37.7 Å². The standard InChI is InChI=1S/C12H12N2O2/c1-8-7-16-9(2)11(8)12(15)14-10-4-3-5-13-6-10/h3-7H,1-2H3,(H,14,15). The Kier molecular flexibility index (Phi) is 2.72. The molecule has 4 nitrogen and oxygen atoms in total. The predicted octanol–water partition coefficient (Wildman–Crippen LogP) is 2.54. The van der Waals surface area contributed by atoms with Crippen LogP contribution in [0.25, 0.3) is 0 Å². The lowest BCUT2D eigenvalue weighted by molar-refractivity contribution is 0.102. The van der Waals surface area contributed by atoms with Crippen molar-refractivity contribution in [3.63, 3.8) is 0 Å². The van der Waals surface area contributed by atoms with Crippen LogP contribution in [-0.2, 0) is 0 Å². The van der Waals surface area contributed by atoms with Gasteiger partial charge in [0.15, 0.2) is 0 Å². The van der Waals surface area contributed by atoms with Crippen molar-refractivity contribution in [2.75, 3.05) is 5.32 Å². The topological polar surface area (TPSA) is 55.1 Å². The SMILES string of the molecule is Cc1coc(C)c1C(=O)Nc1cccnc1. The van der Waals surface area contributed by atoms with E-state index < -0.39 is 0 Å². The molecule has 0 saturated carbocycles. The average molecular weight is 216 g/mol. The Bertz CT molecular complexity index is 483. The van der Waals surface area contributed by atoms with Crippen LogP contribution in [0.3, 0.4) is 0 Å². The van der Waals surface area contributed by atoms with Crippen LogP contribution in [0.4, 0.5) is 5.69 Å². The minimum atomic E-state index is -0.170. The summed E-state index contributed by atoms with van der Waals surface area (Å²) in [6.45, 7) is 3.61. The maximum absolute atomic E-state index is 11.9. The first-order chi connectivity index (χ1) is 7.68. The van der Waals surface area contributed by atoms with E-state index in [4.69, 9.17) is 4.42 Å². The number of aromatic nitrogens is 1. The van der Waals surface area contributed by atoms with Crippen molar-refractivity contribution in [2.24, 2.45) is 0 Å². The molecule has 2 aromatic heterocycles. The fourth-order valence-electron chi connectivity index (χ4n) is 1.54. The van der Waals surface area contributed by atoms with Gasteiger partial charge in [-0.2, -0.15) is 0 Å². The van der Waals surface area contributed by atoms with E-state index in [0.29, 0.717) is 17.0 Å². The Morgan fingerprint density at radius 3 is 2.81 bits per heavy atom. The van der Waals surface area contributed by atoms with E-state index in [9.17, 15) is 4.79 Å². The van der Waals surface area contributed by atoms with E-state index >= 15 is 0 Å². The van der Waals surface area contributed by atoms with Crippen molar-refractivity contribution in [1.82, 2.24) is 4.98 Å². The summed E-state index contributed by atoms with van der Waals surface area (Å²) in [6.07, 6.45) is 4.83. The Morgan fingerprint density at radius 2 is 2.25 bits per heavy atom. The van der Waals surface area contributed by atoms with E-state index in [2.05, 4.69) is 10.3 Å². The number of rotatable bonds is 2. The van der Waals surface area contributed by atoms with Crippen molar-refractivity contribution in [2.45, 2.75) is 13.8 Å². The second kappa shape index (κ2) is 4.18. The van der Waals surface area contributed by atoms with Crippen molar-refractivity contribution in [3.8, 4) is 0 Å². The summed E-state index contributed by atoms with van der Waals surface area (Å²) in [6, 6.07) is 3.56. The highest BCUT2D eigenvalue weighted by Gasteiger charge is 2.15. The van der Waals surface area contributed by atoms with Gasteiger partial charge >= 0.3 is 0 Å². The number of aryl methyl sites for hydroxylation is 2. The zero-order valence-electron chi connectivity index (χ0n) is 9.15. The Hall–Kier alpha value is -2.10. The van der Waals surface area contributed by atoms with Gasteiger partial charge in [0, 0.05) is 11.8 Å². The smallest absolute Gasteiger partial charge is 0.259 e. The molecule has 0 aliphatic heterocycles. The summed E-state index contributed by atoms with van der Waals surface area (Å²) in [5.41, 5.74) is 2.09. The molecule has 0 aliphatic rings. The van der Waals surface area contributed by atoms with Crippen molar-refractivity contribution in [3.05, 3.63) is 47.7 Å². The van der Waals surface area contributed by atoms with Crippen LogP contribution in [-0.4, -0.2) is 10.9 Å². The average Bonchev–Trinajstić information content (AvgIpc) is 2.60. The first-order valence-electron chi connectivity index (χ1n) is 4.94. The highest BCUT2D eigenvalue weighted by molar-refractivity contribution is 6.05. The minimum absolute atomic E-state index is 0.170. The molecule has 0 aromatic carbocycles. The fraction of sp³-hybridized carbons (Fsp3) is 0.167. The summed E-state index contributed by atoms with van der Waals surface area (Å²) in [5.74, 6) is 0.454. The molecule has 4 heteroatoms. The summed E-state index contributed by atoms with van der Waals surface area (Å²) in [5, 5.41) is 2.76. The van der Waals surface area contributed by atoms with Gasteiger partial charge in [0.1, 0.15) is 5.76 Å². The van der Waals surface area contributed by atoms with E-state index in [-0.39, 0.29) is 5.91 Å². The number of nitrogens with zero attached hydrogens (tertiary/aromatic N) is 1. The summed E-state index contributed by atoms with van der Waals surface area (Å²) >= 11 is 0. The molecular formula is C12H12N2O2. The molecule has 0 aliphatic carbocycles. The summed E-state index contributed by atoms with van der Waals surface area (Å²) < 4.78 is 5.18. The molecule has 1 amide bonds. The van der Waals surface area contributed by atoms with Crippen LogP contribution in [0.5, 0.6) is 0 Å². The lowest BCUT2D eigenvalue weighted by atomic mass is 10.1. The molecule has 0 saturated heterocycles. The van der Waals surface area contributed by atoms with Crippen LogP contribution in [0.1, 0.15) is 21.7 Å². The minimum Gasteiger partial charge on any atom is -0.469 e. The maximum Gasteiger partial charge on any atom is 0.259 e. The largest absolute Gasteiger partial charge is 0.469 e.